The van der Waals surface area contributed by atoms with Crippen LogP contribution in [-0.2, 0) is 0 Å². The first-order valence-electron chi connectivity index (χ1n) is 6.69. The first kappa shape index (κ1) is 14.8. The molecule has 2 aromatic carbocycles. The molecule has 0 aliphatic rings. The number of para-hydroxylation sites is 1. The fourth-order valence-electron chi connectivity index (χ4n) is 1.91. The van der Waals surface area contributed by atoms with E-state index in [1.165, 1.54) is 6.07 Å². The molecule has 0 bridgehead atoms. The zero-order valence-electron chi connectivity index (χ0n) is 12.0. The molecule has 1 amide bonds. The first-order chi connectivity index (χ1) is 9.97. The number of hydrogen-bond donors (Lipinski definition) is 3. The Morgan fingerprint density at radius 1 is 1.14 bits per heavy atom. The Labute approximate surface area is 123 Å². The Morgan fingerprint density at radius 3 is 2.52 bits per heavy atom. The first-order valence-corrected chi connectivity index (χ1v) is 6.69. The summed E-state index contributed by atoms with van der Waals surface area (Å²) in [5.41, 5.74) is 7.41. The minimum absolute atomic E-state index is 0.000224. The smallest absolute Gasteiger partial charge is 0.253 e. The van der Waals surface area contributed by atoms with Gasteiger partial charge in [-0.15, -0.1) is 0 Å². The van der Waals surface area contributed by atoms with Crippen LogP contribution in [0.15, 0.2) is 42.5 Å². The summed E-state index contributed by atoms with van der Waals surface area (Å²) in [5.74, 6) is -0.638. The Balaban J connectivity index is 2.35. The van der Waals surface area contributed by atoms with Crippen molar-refractivity contribution >= 4 is 23.0 Å². The lowest BCUT2D eigenvalue weighted by Crippen LogP contribution is -2.30. The Hall–Kier alpha value is -2.56. The van der Waals surface area contributed by atoms with Crippen LogP contribution < -0.4 is 16.4 Å². The standard InChI is InChI=1S/C16H18FN3O/c1-10(2)19-16(21)12-9-11(18)7-8-14(12)20-15-6-4-3-5-13(15)17/h3-10,20H,18H2,1-2H3,(H,19,21). The number of carbonyl (C=O) groups excluding carboxylic acids is 1. The molecule has 0 aliphatic carbocycles. The van der Waals surface area contributed by atoms with Crippen molar-refractivity contribution in [3.05, 3.63) is 53.8 Å². The van der Waals surface area contributed by atoms with Crippen LogP contribution in [0, 0.1) is 5.82 Å². The highest BCUT2D eigenvalue weighted by Gasteiger charge is 2.14. The van der Waals surface area contributed by atoms with Crippen LogP contribution in [0.25, 0.3) is 0 Å². The monoisotopic (exact) mass is 287 g/mol. The van der Waals surface area contributed by atoms with Gasteiger partial charge in [0.1, 0.15) is 5.82 Å². The van der Waals surface area contributed by atoms with Crippen LogP contribution >= 0.6 is 0 Å². The number of carbonyl (C=O) groups is 1. The predicted molar refractivity (Wildman–Crippen MR) is 83.1 cm³/mol. The third kappa shape index (κ3) is 3.72. The van der Waals surface area contributed by atoms with E-state index in [2.05, 4.69) is 10.6 Å². The molecular formula is C16H18FN3O. The number of benzene rings is 2. The van der Waals surface area contributed by atoms with Crippen molar-refractivity contribution in [3.8, 4) is 0 Å². The molecule has 21 heavy (non-hydrogen) atoms. The second-order valence-electron chi connectivity index (χ2n) is 5.04. The van der Waals surface area contributed by atoms with Crippen LogP contribution in [0.2, 0.25) is 0 Å². The maximum Gasteiger partial charge on any atom is 0.253 e. The number of halogens is 1. The molecule has 0 atom stereocenters. The molecule has 0 spiro atoms. The fraction of sp³-hybridized carbons (Fsp3) is 0.188. The number of nitrogens with two attached hydrogens (primary N) is 1. The highest BCUT2D eigenvalue weighted by atomic mass is 19.1. The van der Waals surface area contributed by atoms with Gasteiger partial charge >= 0.3 is 0 Å². The molecule has 4 nitrogen and oxygen atoms in total. The summed E-state index contributed by atoms with van der Waals surface area (Å²) in [6.45, 7) is 3.74. The minimum atomic E-state index is -0.385. The summed E-state index contributed by atoms with van der Waals surface area (Å²) >= 11 is 0. The van der Waals surface area contributed by atoms with Gasteiger partial charge in [0, 0.05) is 11.7 Å². The van der Waals surface area contributed by atoms with Crippen LogP contribution in [0.1, 0.15) is 24.2 Å². The van der Waals surface area contributed by atoms with E-state index in [0.717, 1.165) is 0 Å². The molecule has 0 radical (unpaired) electrons. The van der Waals surface area contributed by atoms with Gasteiger partial charge in [0.15, 0.2) is 0 Å². The Morgan fingerprint density at radius 2 is 1.86 bits per heavy atom. The molecular weight excluding hydrogens is 269 g/mol. The lowest BCUT2D eigenvalue weighted by molar-refractivity contribution is 0.0944. The van der Waals surface area contributed by atoms with E-state index in [-0.39, 0.29) is 17.8 Å². The number of anilines is 3. The van der Waals surface area contributed by atoms with Gasteiger partial charge in [0.05, 0.1) is 16.9 Å². The molecule has 0 saturated carbocycles. The lowest BCUT2D eigenvalue weighted by atomic mass is 10.1. The van der Waals surface area contributed by atoms with Crippen molar-refractivity contribution < 1.29 is 9.18 Å². The Bertz CT molecular complexity index is 656. The zero-order valence-corrected chi connectivity index (χ0v) is 12.0. The number of rotatable bonds is 4. The normalized spacial score (nSPS) is 10.5. The van der Waals surface area contributed by atoms with E-state index in [9.17, 15) is 9.18 Å². The molecule has 4 N–H and O–H groups in total. The maximum absolute atomic E-state index is 13.7. The summed E-state index contributed by atoms with van der Waals surface area (Å²) < 4.78 is 13.7. The number of nitrogens with one attached hydrogen (secondary N) is 2. The average molecular weight is 287 g/mol. The summed E-state index contributed by atoms with van der Waals surface area (Å²) in [4.78, 5) is 12.2. The molecule has 5 heteroatoms. The third-order valence-corrected chi connectivity index (χ3v) is 2.85. The van der Waals surface area contributed by atoms with Gasteiger partial charge in [-0.05, 0) is 44.2 Å². The van der Waals surface area contributed by atoms with Crippen molar-refractivity contribution in [3.63, 3.8) is 0 Å². The molecule has 0 aliphatic heterocycles. The topological polar surface area (TPSA) is 67.2 Å². The third-order valence-electron chi connectivity index (χ3n) is 2.85. The van der Waals surface area contributed by atoms with Crippen molar-refractivity contribution in [2.45, 2.75) is 19.9 Å². The number of amides is 1. The van der Waals surface area contributed by atoms with Gasteiger partial charge in [-0.2, -0.15) is 0 Å². The van der Waals surface area contributed by atoms with Gasteiger partial charge in [-0.25, -0.2) is 4.39 Å². The quantitative estimate of drug-likeness (QED) is 0.756. The van der Waals surface area contributed by atoms with Crippen molar-refractivity contribution in [2.24, 2.45) is 0 Å². The molecule has 2 aromatic rings. The van der Waals surface area contributed by atoms with E-state index < -0.39 is 0 Å². The summed E-state index contributed by atoms with van der Waals surface area (Å²) in [5, 5.41) is 5.73. The van der Waals surface area contributed by atoms with Crippen molar-refractivity contribution in [2.75, 3.05) is 11.1 Å². The lowest BCUT2D eigenvalue weighted by Gasteiger charge is -2.15. The zero-order chi connectivity index (χ0) is 15.4. The van der Waals surface area contributed by atoms with Crippen LogP contribution in [0.3, 0.4) is 0 Å². The molecule has 0 fully saturated rings. The Kier molecular flexibility index (Phi) is 4.42. The summed E-state index contributed by atoms with van der Waals surface area (Å²) in [6, 6.07) is 11.2. The molecule has 0 saturated heterocycles. The summed E-state index contributed by atoms with van der Waals surface area (Å²) in [6.07, 6.45) is 0. The minimum Gasteiger partial charge on any atom is -0.399 e. The molecule has 0 aromatic heterocycles. The fourth-order valence-corrected chi connectivity index (χ4v) is 1.91. The summed E-state index contributed by atoms with van der Waals surface area (Å²) in [7, 11) is 0. The number of nitrogen functional groups attached to an aromatic ring is 1. The second-order valence-corrected chi connectivity index (χ2v) is 5.04. The largest absolute Gasteiger partial charge is 0.399 e. The molecule has 0 unspecified atom stereocenters. The van der Waals surface area contributed by atoms with Gasteiger partial charge in [-0.3, -0.25) is 4.79 Å². The van der Waals surface area contributed by atoms with Crippen LogP contribution in [0.5, 0.6) is 0 Å². The van der Waals surface area contributed by atoms with E-state index in [1.807, 2.05) is 13.8 Å². The van der Waals surface area contributed by atoms with Crippen LogP contribution in [-0.4, -0.2) is 11.9 Å². The van der Waals surface area contributed by atoms with E-state index in [1.54, 1.807) is 36.4 Å². The van der Waals surface area contributed by atoms with E-state index in [0.29, 0.717) is 22.6 Å². The highest BCUT2D eigenvalue weighted by Crippen LogP contribution is 2.25. The van der Waals surface area contributed by atoms with Gasteiger partial charge in [0.2, 0.25) is 0 Å². The molecule has 0 heterocycles. The second kappa shape index (κ2) is 6.26. The van der Waals surface area contributed by atoms with Crippen molar-refractivity contribution in [1.29, 1.82) is 0 Å². The maximum atomic E-state index is 13.7. The van der Waals surface area contributed by atoms with Crippen molar-refractivity contribution in [1.82, 2.24) is 5.32 Å². The van der Waals surface area contributed by atoms with E-state index >= 15 is 0 Å². The number of hydrogen-bond acceptors (Lipinski definition) is 3. The van der Waals surface area contributed by atoms with Gasteiger partial charge in [-0.1, -0.05) is 12.1 Å². The van der Waals surface area contributed by atoms with Gasteiger partial charge < -0.3 is 16.4 Å². The van der Waals surface area contributed by atoms with Gasteiger partial charge in [0.25, 0.3) is 5.91 Å². The SMILES string of the molecule is CC(C)NC(=O)c1cc(N)ccc1Nc1ccccc1F. The predicted octanol–water partition coefficient (Wildman–Crippen LogP) is 3.29. The highest BCUT2D eigenvalue weighted by molar-refractivity contribution is 6.01. The average Bonchev–Trinajstić information content (AvgIpc) is 2.42. The van der Waals surface area contributed by atoms with Crippen LogP contribution in [0.4, 0.5) is 21.5 Å². The molecule has 2 rings (SSSR count). The van der Waals surface area contributed by atoms with E-state index in [4.69, 9.17) is 5.73 Å². The molecule has 110 valence electrons.